The van der Waals surface area contributed by atoms with Crippen LogP contribution in [0.1, 0.15) is 15.9 Å². The number of nitro benzene ring substituents is 1. The van der Waals surface area contributed by atoms with Crippen LogP contribution in [0.25, 0.3) is 0 Å². The fraction of sp³-hybridized carbons (Fsp3) is 0.0833. The van der Waals surface area contributed by atoms with Crippen molar-refractivity contribution in [1.29, 1.82) is 0 Å². The second kappa shape index (κ2) is 5.41. The summed E-state index contributed by atoms with van der Waals surface area (Å²) in [5.41, 5.74) is 1.000. The zero-order valence-electron chi connectivity index (χ0n) is 9.13. The molecule has 0 unspecified atom stereocenters. The molecule has 2 aromatic rings. The van der Waals surface area contributed by atoms with E-state index in [1.165, 1.54) is 17.4 Å². The molecule has 1 heterocycles. The Hall–Kier alpha value is -1.53. The number of carbonyl (C=O) groups excluding carboxylic acids is 1. The number of rotatable bonds is 4. The van der Waals surface area contributed by atoms with Crippen molar-refractivity contribution in [2.24, 2.45) is 0 Å². The highest BCUT2D eigenvalue weighted by Crippen LogP contribution is 2.24. The Kier molecular flexibility index (Phi) is 3.88. The monoisotopic (exact) mass is 325 g/mol. The molecule has 1 aromatic carbocycles. The average molecular weight is 326 g/mol. The van der Waals surface area contributed by atoms with Crippen LogP contribution < -0.4 is 0 Å². The van der Waals surface area contributed by atoms with Crippen LogP contribution in [-0.2, 0) is 6.42 Å². The van der Waals surface area contributed by atoms with Gasteiger partial charge in [0.15, 0.2) is 5.78 Å². The zero-order chi connectivity index (χ0) is 13.1. The topological polar surface area (TPSA) is 60.2 Å². The Morgan fingerprint density at radius 2 is 2.11 bits per heavy atom. The Balaban J connectivity index is 2.24. The molecule has 2 rings (SSSR count). The first kappa shape index (κ1) is 12.9. The highest BCUT2D eigenvalue weighted by molar-refractivity contribution is 9.11. The fourth-order valence-electron chi connectivity index (χ4n) is 1.57. The highest BCUT2D eigenvalue weighted by atomic mass is 79.9. The number of para-hydroxylation sites is 1. The van der Waals surface area contributed by atoms with E-state index in [1.54, 1.807) is 29.6 Å². The van der Waals surface area contributed by atoms with E-state index >= 15 is 0 Å². The highest BCUT2D eigenvalue weighted by Gasteiger charge is 2.17. The van der Waals surface area contributed by atoms with Crippen molar-refractivity contribution in [2.75, 3.05) is 0 Å². The number of ketones is 1. The van der Waals surface area contributed by atoms with E-state index in [0.29, 0.717) is 11.1 Å². The van der Waals surface area contributed by atoms with E-state index in [9.17, 15) is 14.9 Å². The molecule has 0 fully saturated rings. The molecule has 0 N–H and O–H groups in total. The fourth-order valence-corrected chi connectivity index (χ4v) is 2.73. The van der Waals surface area contributed by atoms with Gasteiger partial charge >= 0.3 is 0 Å². The van der Waals surface area contributed by atoms with Gasteiger partial charge in [-0.15, -0.1) is 11.3 Å². The second-order valence-corrected chi connectivity index (χ2v) is 5.92. The van der Waals surface area contributed by atoms with E-state index < -0.39 is 4.92 Å². The molecule has 18 heavy (non-hydrogen) atoms. The van der Waals surface area contributed by atoms with Crippen LogP contribution in [0.3, 0.4) is 0 Å². The molecule has 0 aliphatic rings. The molecular formula is C12H8BrNO3S. The van der Waals surface area contributed by atoms with E-state index in [1.807, 2.05) is 0 Å². The van der Waals surface area contributed by atoms with Crippen LogP contribution in [0.5, 0.6) is 0 Å². The second-order valence-electron chi connectivity index (χ2n) is 3.63. The minimum absolute atomic E-state index is 0.0138. The van der Waals surface area contributed by atoms with Gasteiger partial charge in [0.05, 0.1) is 8.71 Å². The Bertz CT molecular complexity index is 609. The van der Waals surface area contributed by atoms with Gasteiger partial charge in [0.2, 0.25) is 0 Å². The third kappa shape index (κ3) is 2.83. The largest absolute Gasteiger partial charge is 0.294 e. The van der Waals surface area contributed by atoms with E-state index in [-0.39, 0.29) is 17.9 Å². The van der Waals surface area contributed by atoms with Gasteiger partial charge in [0, 0.05) is 29.0 Å². The zero-order valence-corrected chi connectivity index (χ0v) is 11.5. The smallest absolute Gasteiger partial charge is 0.273 e. The molecule has 1 aromatic heterocycles. The molecule has 0 amide bonds. The van der Waals surface area contributed by atoms with Crippen molar-refractivity contribution in [1.82, 2.24) is 0 Å². The predicted molar refractivity (Wildman–Crippen MR) is 73.1 cm³/mol. The molecule has 0 saturated heterocycles. The SMILES string of the molecule is O=C(Cc1ccccc1[N+](=O)[O-])c1csc(Br)c1. The maximum atomic E-state index is 12.0. The van der Waals surface area contributed by atoms with Gasteiger partial charge in [-0.3, -0.25) is 14.9 Å². The number of carbonyl (C=O) groups is 1. The maximum absolute atomic E-state index is 12.0. The molecule has 0 spiro atoms. The van der Waals surface area contributed by atoms with Crippen LogP contribution in [0, 0.1) is 10.1 Å². The molecule has 0 aliphatic carbocycles. The normalized spacial score (nSPS) is 10.3. The number of thiophene rings is 1. The first-order chi connectivity index (χ1) is 8.58. The molecular weight excluding hydrogens is 318 g/mol. The van der Waals surface area contributed by atoms with Crippen LogP contribution >= 0.6 is 27.3 Å². The summed E-state index contributed by atoms with van der Waals surface area (Å²) in [5.74, 6) is -0.119. The van der Waals surface area contributed by atoms with Crippen molar-refractivity contribution in [2.45, 2.75) is 6.42 Å². The van der Waals surface area contributed by atoms with Crippen LogP contribution in [0.15, 0.2) is 39.5 Å². The van der Waals surface area contributed by atoms with Crippen molar-refractivity contribution >= 4 is 38.7 Å². The maximum Gasteiger partial charge on any atom is 0.273 e. The molecule has 0 radical (unpaired) electrons. The summed E-state index contributed by atoms with van der Waals surface area (Å²) in [6.45, 7) is 0. The summed E-state index contributed by atoms with van der Waals surface area (Å²) in [7, 11) is 0. The molecule has 6 heteroatoms. The summed E-state index contributed by atoms with van der Waals surface area (Å²) in [6.07, 6.45) is 0.0420. The van der Waals surface area contributed by atoms with E-state index in [4.69, 9.17) is 0 Å². The molecule has 0 bridgehead atoms. The molecule has 92 valence electrons. The van der Waals surface area contributed by atoms with Gasteiger partial charge in [0.25, 0.3) is 5.69 Å². The van der Waals surface area contributed by atoms with Gasteiger partial charge in [-0.25, -0.2) is 0 Å². The first-order valence-electron chi connectivity index (χ1n) is 5.07. The van der Waals surface area contributed by atoms with Gasteiger partial charge in [-0.05, 0) is 22.0 Å². The molecule has 0 aliphatic heterocycles. The Labute approximate surface area is 116 Å². The first-order valence-corrected chi connectivity index (χ1v) is 6.74. The lowest BCUT2D eigenvalue weighted by atomic mass is 10.0. The van der Waals surface area contributed by atoms with Crippen LogP contribution in [-0.4, -0.2) is 10.7 Å². The number of nitro groups is 1. The van der Waals surface area contributed by atoms with Gasteiger partial charge < -0.3 is 0 Å². The molecule has 4 nitrogen and oxygen atoms in total. The van der Waals surface area contributed by atoms with Crippen molar-refractivity contribution in [3.05, 3.63) is 60.7 Å². The lowest BCUT2D eigenvalue weighted by Crippen LogP contribution is -2.04. The van der Waals surface area contributed by atoms with Gasteiger partial charge in [-0.1, -0.05) is 18.2 Å². The lowest BCUT2D eigenvalue weighted by Gasteiger charge is -2.01. The summed E-state index contributed by atoms with van der Waals surface area (Å²) in [4.78, 5) is 22.3. The van der Waals surface area contributed by atoms with Gasteiger partial charge in [0.1, 0.15) is 0 Å². The van der Waals surface area contributed by atoms with Crippen molar-refractivity contribution in [3.8, 4) is 0 Å². The minimum Gasteiger partial charge on any atom is -0.294 e. The Morgan fingerprint density at radius 3 is 2.72 bits per heavy atom. The minimum atomic E-state index is -0.466. The average Bonchev–Trinajstić information content (AvgIpc) is 2.76. The van der Waals surface area contributed by atoms with Crippen LogP contribution in [0.4, 0.5) is 5.69 Å². The summed E-state index contributed by atoms with van der Waals surface area (Å²) in [5, 5.41) is 12.6. The predicted octanol–water partition coefficient (Wildman–Crippen LogP) is 3.84. The molecule has 0 saturated carbocycles. The van der Waals surface area contributed by atoms with Crippen LogP contribution in [0.2, 0.25) is 0 Å². The number of hydrogen-bond acceptors (Lipinski definition) is 4. The number of halogens is 1. The third-order valence-electron chi connectivity index (χ3n) is 2.43. The Morgan fingerprint density at radius 1 is 1.39 bits per heavy atom. The standard InChI is InChI=1S/C12H8BrNO3S/c13-12-6-9(7-18-12)11(15)5-8-3-1-2-4-10(8)14(16)17/h1-4,6-7H,5H2. The van der Waals surface area contributed by atoms with Crippen molar-refractivity contribution < 1.29 is 9.72 Å². The summed E-state index contributed by atoms with van der Waals surface area (Å²) in [6, 6.07) is 8.03. The van der Waals surface area contributed by atoms with E-state index in [2.05, 4.69) is 15.9 Å². The van der Waals surface area contributed by atoms with Crippen molar-refractivity contribution in [3.63, 3.8) is 0 Å². The number of Topliss-reactive ketones (excluding diaryl/α,β-unsaturated/α-hetero) is 1. The quantitative estimate of drug-likeness (QED) is 0.487. The molecule has 0 atom stereocenters. The lowest BCUT2D eigenvalue weighted by molar-refractivity contribution is -0.385. The van der Waals surface area contributed by atoms with E-state index in [0.717, 1.165) is 3.79 Å². The van der Waals surface area contributed by atoms with Gasteiger partial charge in [-0.2, -0.15) is 0 Å². The number of hydrogen-bond donors (Lipinski definition) is 0. The number of benzene rings is 1. The summed E-state index contributed by atoms with van der Waals surface area (Å²) < 4.78 is 0.869. The summed E-state index contributed by atoms with van der Waals surface area (Å²) >= 11 is 4.70. The third-order valence-corrected chi connectivity index (χ3v) is 3.93. The number of nitrogens with zero attached hydrogens (tertiary/aromatic N) is 1.